The minimum atomic E-state index is -0.253. The van der Waals surface area contributed by atoms with Crippen LogP contribution < -0.4 is 4.90 Å². The third-order valence-electron chi connectivity index (χ3n) is 5.68. The molecule has 3 aromatic rings. The van der Waals surface area contributed by atoms with Gasteiger partial charge in [-0.05, 0) is 37.0 Å². The highest BCUT2D eigenvalue weighted by Crippen LogP contribution is 2.45. The van der Waals surface area contributed by atoms with Crippen LogP contribution in [-0.4, -0.2) is 32.5 Å². The minimum Gasteiger partial charge on any atom is -0.364 e. The monoisotopic (exact) mass is 359 g/mol. The molecule has 0 bridgehead atoms. The van der Waals surface area contributed by atoms with E-state index in [1.807, 2.05) is 6.07 Å². The van der Waals surface area contributed by atoms with Gasteiger partial charge >= 0.3 is 0 Å². The molecule has 4 heterocycles. The molecule has 2 unspecified atom stereocenters. The minimum absolute atomic E-state index is 0.253. The Bertz CT molecular complexity index is 964. The van der Waals surface area contributed by atoms with Crippen LogP contribution >= 0.6 is 0 Å². The van der Waals surface area contributed by atoms with Crippen LogP contribution in [0.1, 0.15) is 30.9 Å². The first-order valence-electron chi connectivity index (χ1n) is 9.34. The molecule has 2 aliphatic heterocycles. The van der Waals surface area contributed by atoms with Crippen molar-refractivity contribution >= 4 is 5.82 Å². The van der Waals surface area contributed by atoms with E-state index in [1.165, 1.54) is 11.1 Å². The summed E-state index contributed by atoms with van der Waals surface area (Å²) in [5.74, 6) is 1.51. The Morgan fingerprint density at radius 3 is 2.81 bits per heavy atom. The predicted molar refractivity (Wildman–Crippen MR) is 102 cm³/mol. The van der Waals surface area contributed by atoms with E-state index in [1.54, 1.807) is 24.8 Å². The summed E-state index contributed by atoms with van der Waals surface area (Å²) in [6.45, 7) is 3.72. The molecule has 0 radical (unpaired) electrons. The van der Waals surface area contributed by atoms with Crippen molar-refractivity contribution in [3.05, 3.63) is 66.2 Å². The maximum Gasteiger partial charge on any atom is 0.178 e. The Kier molecular flexibility index (Phi) is 3.86. The largest absolute Gasteiger partial charge is 0.364 e. The fourth-order valence-corrected chi connectivity index (χ4v) is 4.19. The summed E-state index contributed by atoms with van der Waals surface area (Å²) in [7, 11) is 0. The Labute approximate surface area is 158 Å². The fourth-order valence-electron chi connectivity index (χ4n) is 4.19. The second-order valence-electron chi connectivity index (χ2n) is 7.29. The van der Waals surface area contributed by atoms with Crippen LogP contribution in [0.15, 0.2) is 55.1 Å². The Hall–Kier alpha value is -2.86. The highest BCUT2D eigenvalue weighted by molar-refractivity contribution is 5.56. The quantitative estimate of drug-likeness (QED) is 0.699. The van der Waals surface area contributed by atoms with E-state index in [2.05, 4.69) is 56.0 Å². The number of aromatic nitrogens is 4. The number of fused-ring (bicyclic) bond motifs is 2. The van der Waals surface area contributed by atoms with Gasteiger partial charge in [0.05, 0.1) is 13.2 Å². The van der Waals surface area contributed by atoms with Gasteiger partial charge in [0.25, 0.3) is 0 Å². The second kappa shape index (κ2) is 6.39. The maximum absolute atomic E-state index is 6.36. The van der Waals surface area contributed by atoms with Gasteiger partial charge in [0.2, 0.25) is 0 Å². The van der Waals surface area contributed by atoms with Gasteiger partial charge in [-0.15, -0.1) is 0 Å². The molecule has 0 saturated carbocycles. The number of piperidine rings is 1. The van der Waals surface area contributed by atoms with Crippen LogP contribution in [-0.2, 0) is 16.9 Å². The number of hydrogen-bond donors (Lipinski definition) is 0. The molecule has 6 heteroatoms. The molecule has 2 atom stereocenters. The van der Waals surface area contributed by atoms with E-state index >= 15 is 0 Å². The van der Waals surface area contributed by atoms with Crippen LogP contribution in [0.25, 0.3) is 11.5 Å². The normalized spacial score (nSPS) is 24.2. The molecule has 0 aliphatic carbocycles. The maximum atomic E-state index is 6.36. The van der Waals surface area contributed by atoms with E-state index in [-0.39, 0.29) is 5.60 Å². The van der Waals surface area contributed by atoms with Gasteiger partial charge < -0.3 is 9.64 Å². The predicted octanol–water partition coefficient (Wildman–Crippen LogP) is 3.35. The third kappa shape index (κ3) is 2.77. The first-order chi connectivity index (χ1) is 13.3. The fraction of sp³-hybridized carbons (Fsp3) is 0.333. The van der Waals surface area contributed by atoms with Gasteiger partial charge in [-0.25, -0.2) is 19.9 Å². The summed E-state index contributed by atoms with van der Waals surface area (Å²) < 4.78 is 6.36. The molecule has 5 rings (SSSR count). The Morgan fingerprint density at radius 1 is 1.07 bits per heavy atom. The van der Waals surface area contributed by atoms with Crippen LogP contribution in [0.5, 0.6) is 0 Å². The molecule has 1 aromatic carbocycles. The van der Waals surface area contributed by atoms with Gasteiger partial charge in [0.15, 0.2) is 5.82 Å². The topological polar surface area (TPSA) is 64.0 Å². The molecule has 1 fully saturated rings. The van der Waals surface area contributed by atoms with Crippen molar-refractivity contribution in [2.45, 2.75) is 38.0 Å². The van der Waals surface area contributed by atoms with Crippen molar-refractivity contribution in [3.63, 3.8) is 0 Å². The summed E-state index contributed by atoms with van der Waals surface area (Å²) in [5.41, 5.74) is 3.10. The highest BCUT2D eigenvalue weighted by atomic mass is 16.5. The van der Waals surface area contributed by atoms with Gasteiger partial charge in [0.1, 0.15) is 23.4 Å². The lowest BCUT2D eigenvalue weighted by molar-refractivity contribution is -0.0513. The molecule has 6 nitrogen and oxygen atoms in total. The summed E-state index contributed by atoms with van der Waals surface area (Å²) in [5, 5.41) is 0. The first kappa shape index (κ1) is 16.3. The molecule has 27 heavy (non-hydrogen) atoms. The molecule has 2 aromatic heterocycles. The van der Waals surface area contributed by atoms with Crippen molar-refractivity contribution in [1.82, 2.24) is 19.9 Å². The van der Waals surface area contributed by atoms with Crippen LogP contribution in [0.3, 0.4) is 0 Å². The van der Waals surface area contributed by atoms with E-state index in [9.17, 15) is 0 Å². The van der Waals surface area contributed by atoms with Crippen LogP contribution in [0, 0.1) is 0 Å². The number of anilines is 1. The molecule has 136 valence electrons. The number of hydrogen-bond acceptors (Lipinski definition) is 6. The van der Waals surface area contributed by atoms with E-state index in [4.69, 9.17) is 4.74 Å². The Balaban J connectivity index is 1.50. The summed E-state index contributed by atoms with van der Waals surface area (Å²) in [6.07, 6.45) is 7.13. The molecule has 2 aliphatic rings. The second-order valence-corrected chi connectivity index (χ2v) is 7.29. The number of ether oxygens (including phenoxy) is 1. The average Bonchev–Trinajstić information content (AvgIpc) is 3.09. The molecule has 1 saturated heterocycles. The van der Waals surface area contributed by atoms with Crippen molar-refractivity contribution in [2.75, 3.05) is 11.4 Å². The zero-order valence-electron chi connectivity index (χ0n) is 15.2. The van der Waals surface area contributed by atoms with Crippen molar-refractivity contribution < 1.29 is 4.74 Å². The van der Waals surface area contributed by atoms with E-state index in [0.29, 0.717) is 18.5 Å². The lowest BCUT2D eigenvalue weighted by Crippen LogP contribution is -2.50. The Morgan fingerprint density at radius 2 is 1.93 bits per heavy atom. The zero-order chi connectivity index (χ0) is 18.3. The lowest BCUT2D eigenvalue weighted by Gasteiger charge is -2.44. The van der Waals surface area contributed by atoms with E-state index < -0.39 is 0 Å². The van der Waals surface area contributed by atoms with Gasteiger partial charge in [-0.2, -0.15) is 0 Å². The van der Waals surface area contributed by atoms with Gasteiger partial charge in [0, 0.05) is 24.5 Å². The highest BCUT2D eigenvalue weighted by Gasteiger charge is 2.45. The lowest BCUT2D eigenvalue weighted by atomic mass is 9.83. The van der Waals surface area contributed by atoms with Crippen molar-refractivity contribution in [1.29, 1.82) is 0 Å². The smallest absolute Gasteiger partial charge is 0.178 e. The standard InChI is InChI=1S/C21H21N5O/c1-15-7-8-21(17-6-3-2-5-16(17)12-27-21)13-26(15)19-11-18(24-14-25-19)20-22-9-4-10-23-20/h2-6,9-11,14-15H,7-8,12-13H2,1H3. The first-order valence-corrected chi connectivity index (χ1v) is 9.34. The summed E-state index contributed by atoms with van der Waals surface area (Å²) >= 11 is 0. The SMILES string of the molecule is CC1CCC2(CN1c1cc(-c3ncccn3)ncn1)OCc1ccccc12. The number of benzene rings is 1. The zero-order valence-corrected chi connectivity index (χ0v) is 15.2. The van der Waals surface area contributed by atoms with Crippen LogP contribution in [0.2, 0.25) is 0 Å². The average molecular weight is 359 g/mol. The molecule has 0 N–H and O–H groups in total. The van der Waals surface area contributed by atoms with Gasteiger partial charge in [-0.1, -0.05) is 24.3 Å². The van der Waals surface area contributed by atoms with E-state index in [0.717, 1.165) is 30.9 Å². The van der Waals surface area contributed by atoms with Crippen molar-refractivity contribution in [2.24, 2.45) is 0 Å². The van der Waals surface area contributed by atoms with Crippen molar-refractivity contribution in [3.8, 4) is 11.5 Å². The summed E-state index contributed by atoms with van der Waals surface area (Å²) in [4.78, 5) is 19.9. The molecular weight excluding hydrogens is 338 g/mol. The summed E-state index contributed by atoms with van der Waals surface area (Å²) in [6, 6.07) is 12.7. The van der Waals surface area contributed by atoms with Gasteiger partial charge in [-0.3, -0.25) is 0 Å². The molecular formula is C21H21N5O. The third-order valence-corrected chi connectivity index (χ3v) is 5.68. The molecule has 1 spiro atoms. The van der Waals surface area contributed by atoms with Crippen LogP contribution in [0.4, 0.5) is 5.82 Å². The number of nitrogens with zero attached hydrogens (tertiary/aromatic N) is 5. The number of rotatable bonds is 2. The molecule has 0 amide bonds.